The molecule has 1 atom stereocenters. The van der Waals surface area contributed by atoms with Crippen LogP contribution in [0.25, 0.3) is 10.2 Å². The summed E-state index contributed by atoms with van der Waals surface area (Å²) < 4.78 is 0. The zero-order valence-electron chi connectivity index (χ0n) is 13.7. The third-order valence-corrected chi connectivity index (χ3v) is 6.22. The van der Waals surface area contributed by atoms with Crippen molar-refractivity contribution in [3.63, 3.8) is 0 Å². The van der Waals surface area contributed by atoms with Crippen LogP contribution in [0, 0.1) is 0 Å². The first-order valence-corrected chi connectivity index (χ1v) is 9.45. The van der Waals surface area contributed by atoms with Gasteiger partial charge in [0.25, 0.3) is 5.91 Å². The molecule has 2 aromatic rings. The normalized spacial score (nSPS) is 21.5. The summed E-state index contributed by atoms with van der Waals surface area (Å²) >= 11 is 1.33. The summed E-state index contributed by atoms with van der Waals surface area (Å²) in [6.45, 7) is 4.10. The molecule has 2 saturated heterocycles. The van der Waals surface area contributed by atoms with Gasteiger partial charge in [-0.1, -0.05) is 0 Å². The summed E-state index contributed by atoms with van der Waals surface area (Å²) in [6, 6.07) is 2.19. The minimum absolute atomic E-state index is 0.406. The van der Waals surface area contributed by atoms with Crippen molar-refractivity contribution in [2.45, 2.75) is 31.6 Å². The van der Waals surface area contributed by atoms with Gasteiger partial charge in [0.1, 0.15) is 15.5 Å². The van der Waals surface area contributed by atoms with E-state index in [-0.39, 0.29) is 0 Å². The Hall–Kier alpha value is -1.86. The average molecular weight is 345 g/mol. The Morgan fingerprint density at radius 2 is 2.12 bits per heavy atom. The first-order valence-electron chi connectivity index (χ1n) is 8.63. The van der Waals surface area contributed by atoms with Crippen molar-refractivity contribution >= 4 is 39.0 Å². The van der Waals surface area contributed by atoms with E-state index in [2.05, 4.69) is 16.3 Å². The number of nitrogen functional groups attached to an aromatic ring is 1. The van der Waals surface area contributed by atoms with Crippen LogP contribution in [0.15, 0.2) is 6.07 Å². The zero-order valence-corrected chi connectivity index (χ0v) is 14.5. The van der Waals surface area contributed by atoms with E-state index >= 15 is 0 Å². The number of nitrogens with zero attached hydrogens (tertiary/aromatic N) is 2. The number of pyridine rings is 1. The molecule has 2 aromatic heterocycles. The van der Waals surface area contributed by atoms with Crippen LogP contribution in [0.1, 0.15) is 46.8 Å². The Balaban J connectivity index is 1.89. The van der Waals surface area contributed by atoms with Crippen LogP contribution in [0.3, 0.4) is 0 Å². The summed E-state index contributed by atoms with van der Waals surface area (Å²) in [5, 5.41) is 4.41. The molecule has 0 saturated carbocycles. The van der Waals surface area contributed by atoms with Crippen LogP contribution in [0.4, 0.5) is 11.5 Å². The van der Waals surface area contributed by atoms with Crippen LogP contribution in [-0.4, -0.2) is 37.1 Å². The van der Waals surface area contributed by atoms with E-state index < -0.39 is 5.91 Å². The Kier molecular flexibility index (Phi) is 4.05. The number of carbonyl (C=O) groups is 1. The lowest BCUT2D eigenvalue weighted by atomic mass is 9.89. The van der Waals surface area contributed by atoms with E-state index in [0.29, 0.717) is 16.5 Å². The van der Waals surface area contributed by atoms with E-state index in [4.69, 9.17) is 16.5 Å². The topological polar surface area (TPSA) is 97.3 Å². The number of nitrogens with one attached hydrogen (secondary N) is 1. The first-order chi connectivity index (χ1) is 11.6. The van der Waals surface area contributed by atoms with Crippen LogP contribution in [0.2, 0.25) is 0 Å². The van der Waals surface area contributed by atoms with Crippen molar-refractivity contribution in [3.05, 3.63) is 16.5 Å². The maximum absolute atomic E-state index is 11.7. The third kappa shape index (κ3) is 2.61. The number of piperidine rings is 1. The molecule has 0 radical (unpaired) electrons. The van der Waals surface area contributed by atoms with Gasteiger partial charge >= 0.3 is 0 Å². The minimum Gasteiger partial charge on any atom is -0.397 e. The second-order valence-electron chi connectivity index (χ2n) is 6.70. The number of aromatic nitrogens is 1. The fraction of sp³-hybridized carbons (Fsp3) is 0.529. The molecule has 4 rings (SSSR count). The number of carbonyl (C=O) groups excluding carboxylic acids is 1. The maximum atomic E-state index is 11.7. The van der Waals surface area contributed by atoms with Crippen molar-refractivity contribution in [2.24, 2.45) is 5.73 Å². The highest BCUT2D eigenvalue weighted by Gasteiger charge is 2.26. The van der Waals surface area contributed by atoms with Crippen molar-refractivity contribution in [1.29, 1.82) is 0 Å². The van der Waals surface area contributed by atoms with E-state index in [1.54, 1.807) is 0 Å². The molecule has 6 nitrogen and oxygen atoms in total. The number of nitrogens with two attached hydrogens (primary N) is 2. The summed E-state index contributed by atoms with van der Waals surface area (Å²) in [5.41, 5.74) is 13.5. The number of hydrogen-bond acceptors (Lipinski definition) is 6. The minimum atomic E-state index is -0.467. The lowest BCUT2D eigenvalue weighted by molar-refractivity contribution is 0.100. The Labute approximate surface area is 145 Å². The summed E-state index contributed by atoms with van der Waals surface area (Å²) in [6.07, 6.45) is 4.70. The molecule has 0 aliphatic carbocycles. The Bertz CT molecular complexity index is 775. The highest BCUT2D eigenvalue weighted by molar-refractivity contribution is 7.21. The monoisotopic (exact) mass is 345 g/mol. The van der Waals surface area contributed by atoms with Crippen molar-refractivity contribution in [2.75, 3.05) is 36.8 Å². The van der Waals surface area contributed by atoms with Gasteiger partial charge in [-0.05, 0) is 49.8 Å². The van der Waals surface area contributed by atoms with Crippen LogP contribution in [-0.2, 0) is 0 Å². The van der Waals surface area contributed by atoms with Crippen LogP contribution >= 0.6 is 11.3 Å². The molecule has 5 N–H and O–H groups in total. The van der Waals surface area contributed by atoms with Gasteiger partial charge in [-0.15, -0.1) is 11.3 Å². The van der Waals surface area contributed by atoms with Gasteiger partial charge in [-0.25, -0.2) is 4.98 Å². The number of anilines is 2. The van der Waals surface area contributed by atoms with Crippen molar-refractivity contribution < 1.29 is 4.79 Å². The molecule has 2 aliphatic heterocycles. The molecule has 1 unspecified atom stereocenters. The van der Waals surface area contributed by atoms with Gasteiger partial charge in [0.05, 0.1) is 5.69 Å². The molecule has 24 heavy (non-hydrogen) atoms. The predicted molar refractivity (Wildman–Crippen MR) is 98.8 cm³/mol. The van der Waals surface area contributed by atoms with E-state index in [0.717, 1.165) is 55.1 Å². The van der Waals surface area contributed by atoms with Gasteiger partial charge in [0.2, 0.25) is 0 Å². The smallest absolute Gasteiger partial charge is 0.260 e. The first kappa shape index (κ1) is 15.7. The van der Waals surface area contributed by atoms with E-state index in [1.165, 1.54) is 29.7 Å². The molecular formula is C17H23N5OS. The van der Waals surface area contributed by atoms with Gasteiger partial charge in [0.15, 0.2) is 0 Å². The summed E-state index contributed by atoms with van der Waals surface area (Å²) in [7, 11) is 0. The Morgan fingerprint density at radius 3 is 2.79 bits per heavy atom. The molecule has 4 heterocycles. The van der Waals surface area contributed by atoms with Gasteiger partial charge < -0.3 is 21.7 Å². The van der Waals surface area contributed by atoms with Crippen molar-refractivity contribution in [3.8, 4) is 0 Å². The van der Waals surface area contributed by atoms with Gasteiger partial charge in [0, 0.05) is 25.0 Å². The molecule has 2 aliphatic rings. The van der Waals surface area contributed by atoms with Crippen molar-refractivity contribution in [1.82, 2.24) is 10.3 Å². The number of amides is 1. The second kappa shape index (κ2) is 6.22. The molecule has 1 amide bonds. The Morgan fingerprint density at radius 1 is 1.33 bits per heavy atom. The lowest BCUT2D eigenvalue weighted by Crippen LogP contribution is -2.29. The largest absolute Gasteiger partial charge is 0.397 e. The number of primary amides is 1. The molecule has 128 valence electrons. The summed E-state index contributed by atoms with van der Waals surface area (Å²) in [4.78, 5) is 20.1. The van der Waals surface area contributed by atoms with Gasteiger partial charge in [-0.3, -0.25) is 4.79 Å². The molecule has 7 heteroatoms. The predicted octanol–water partition coefficient (Wildman–Crippen LogP) is 2.04. The zero-order chi connectivity index (χ0) is 16.7. The highest BCUT2D eigenvalue weighted by atomic mass is 32.1. The molecular weight excluding hydrogens is 322 g/mol. The second-order valence-corrected chi connectivity index (χ2v) is 7.70. The highest BCUT2D eigenvalue weighted by Crippen LogP contribution is 2.41. The van der Waals surface area contributed by atoms with E-state index in [1.807, 2.05) is 0 Å². The number of fused-ring (bicyclic) bond motifs is 1. The lowest BCUT2D eigenvalue weighted by Gasteiger charge is -2.26. The molecule has 0 spiro atoms. The number of hydrogen-bond donors (Lipinski definition) is 3. The molecule has 2 fully saturated rings. The quantitative estimate of drug-likeness (QED) is 0.791. The van der Waals surface area contributed by atoms with Gasteiger partial charge in [-0.2, -0.15) is 0 Å². The fourth-order valence-electron chi connectivity index (χ4n) is 3.87. The maximum Gasteiger partial charge on any atom is 0.260 e. The van der Waals surface area contributed by atoms with E-state index in [9.17, 15) is 4.79 Å². The van der Waals surface area contributed by atoms with Crippen LogP contribution < -0.4 is 21.7 Å². The number of rotatable bonds is 3. The average Bonchev–Trinajstić information content (AvgIpc) is 3.23. The SMILES string of the molecule is NC(=O)c1sc2nc(N3CCCC3)cc(C3CCCNC3)c2c1N. The molecule has 0 aromatic carbocycles. The standard InChI is InChI=1S/C17H23N5OS/c18-14-13-11(10-4-3-5-20-9-10)8-12(22-6-1-2-7-22)21-17(13)24-15(14)16(19)23/h8,10,20H,1-7,9,18H2,(H2,19,23). The fourth-order valence-corrected chi connectivity index (χ4v) is 4.84. The number of thiophene rings is 1. The van der Waals surface area contributed by atoms with Crippen LogP contribution in [0.5, 0.6) is 0 Å². The summed E-state index contributed by atoms with van der Waals surface area (Å²) in [5.74, 6) is 0.951. The molecule has 0 bridgehead atoms. The third-order valence-electron chi connectivity index (χ3n) is 5.11.